The van der Waals surface area contributed by atoms with Gasteiger partial charge in [0.1, 0.15) is 29.7 Å². The lowest BCUT2D eigenvalue weighted by Gasteiger charge is -2.37. The highest BCUT2D eigenvalue weighted by molar-refractivity contribution is 5.99. The van der Waals surface area contributed by atoms with E-state index in [0.717, 1.165) is 24.8 Å². The Bertz CT molecular complexity index is 1350. The maximum Gasteiger partial charge on any atom is 0.313 e. The first-order chi connectivity index (χ1) is 18.9. The predicted octanol–water partition coefficient (Wildman–Crippen LogP) is 1.42. The summed E-state index contributed by atoms with van der Waals surface area (Å²) in [5.41, 5.74) is -0.987. The van der Waals surface area contributed by atoms with E-state index < -0.39 is 35.0 Å². The van der Waals surface area contributed by atoms with Crippen LogP contribution in [0.1, 0.15) is 32.6 Å². The number of hydrogen-bond acceptors (Lipinski definition) is 8. The number of amides is 2. The second kappa shape index (κ2) is 9.87. The molecule has 5 atom stereocenters. The van der Waals surface area contributed by atoms with Crippen LogP contribution in [-0.2, 0) is 30.5 Å². The van der Waals surface area contributed by atoms with Crippen molar-refractivity contribution in [3.05, 3.63) is 48.6 Å². The molecular weight excluding hydrogens is 502 g/mol. The van der Waals surface area contributed by atoms with E-state index in [-0.39, 0.29) is 44.8 Å². The molecule has 0 radical (unpaired) electrons. The number of aromatic nitrogens is 3. The number of aliphatic hydroxyl groups is 1. The van der Waals surface area contributed by atoms with Crippen molar-refractivity contribution >= 4 is 28.8 Å². The zero-order valence-electron chi connectivity index (χ0n) is 21.9. The molecule has 206 valence electrons. The molecule has 0 saturated carbocycles. The summed E-state index contributed by atoms with van der Waals surface area (Å²) in [5.74, 6) is -2.98. The Labute approximate surface area is 226 Å². The molecule has 4 aliphatic rings. The molecule has 2 fully saturated rings. The van der Waals surface area contributed by atoms with E-state index >= 15 is 0 Å². The van der Waals surface area contributed by atoms with Gasteiger partial charge in [0.2, 0.25) is 5.91 Å². The van der Waals surface area contributed by atoms with Crippen LogP contribution in [-0.4, -0.2) is 91.2 Å². The molecule has 1 aromatic carbocycles. The number of cyclic esters (lactones) is 1. The molecule has 2 saturated heterocycles. The fourth-order valence-electron chi connectivity index (χ4n) is 6.64. The van der Waals surface area contributed by atoms with Crippen molar-refractivity contribution in [3.8, 4) is 0 Å². The first-order valence-corrected chi connectivity index (χ1v) is 13.6. The molecule has 2 aromatic rings. The average molecular weight is 536 g/mol. The van der Waals surface area contributed by atoms with Crippen LogP contribution < -0.4 is 0 Å². The van der Waals surface area contributed by atoms with Gasteiger partial charge in [-0.25, -0.2) is 4.68 Å². The van der Waals surface area contributed by atoms with Gasteiger partial charge in [-0.2, -0.15) is 0 Å². The van der Waals surface area contributed by atoms with Crippen LogP contribution in [0, 0.1) is 11.8 Å². The second-order valence-corrected chi connectivity index (χ2v) is 10.9. The first kappa shape index (κ1) is 25.7. The number of likely N-dealkylation sites (tertiary alicyclic amines) is 1. The van der Waals surface area contributed by atoms with Gasteiger partial charge in [0.15, 0.2) is 0 Å². The van der Waals surface area contributed by atoms with Crippen LogP contribution in [0.25, 0.3) is 11.0 Å². The van der Waals surface area contributed by atoms with Crippen LogP contribution in [0.3, 0.4) is 0 Å². The summed E-state index contributed by atoms with van der Waals surface area (Å²) in [6, 6.07) is 6.49. The van der Waals surface area contributed by atoms with Gasteiger partial charge in [0.25, 0.3) is 5.91 Å². The third-order valence-electron chi connectivity index (χ3n) is 8.37. The van der Waals surface area contributed by atoms with Gasteiger partial charge < -0.3 is 24.4 Å². The molecule has 2 amide bonds. The molecule has 39 heavy (non-hydrogen) atoms. The smallest absolute Gasteiger partial charge is 0.313 e. The van der Waals surface area contributed by atoms with E-state index in [1.54, 1.807) is 22.6 Å². The number of carbonyl (C=O) groups is 3. The van der Waals surface area contributed by atoms with Gasteiger partial charge in [-0.05, 0) is 44.7 Å². The Morgan fingerprint density at radius 1 is 1.08 bits per heavy atom. The summed E-state index contributed by atoms with van der Waals surface area (Å²) in [7, 11) is 0. The van der Waals surface area contributed by atoms with Gasteiger partial charge in [0, 0.05) is 19.7 Å². The van der Waals surface area contributed by atoms with E-state index in [1.165, 1.54) is 4.90 Å². The van der Waals surface area contributed by atoms with Crippen molar-refractivity contribution in [3.63, 3.8) is 0 Å². The van der Waals surface area contributed by atoms with Crippen molar-refractivity contribution in [2.24, 2.45) is 11.8 Å². The number of allylic oxidation sites excluding steroid dienone is 1. The first-order valence-electron chi connectivity index (χ1n) is 13.6. The molecule has 1 aromatic heterocycles. The van der Waals surface area contributed by atoms with Crippen LogP contribution in [0.2, 0.25) is 0 Å². The summed E-state index contributed by atoms with van der Waals surface area (Å²) in [4.78, 5) is 45.0. The molecule has 4 aliphatic heterocycles. The monoisotopic (exact) mass is 535 g/mol. The number of rotatable bonds is 5. The Kier molecular flexibility index (Phi) is 6.50. The molecule has 1 unspecified atom stereocenters. The Morgan fingerprint density at radius 2 is 1.92 bits per heavy atom. The van der Waals surface area contributed by atoms with Crippen LogP contribution in [0.15, 0.2) is 48.6 Å². The van der Waals surface area contributed by atoms with Crippen LogP contribution in [0.4, 0.5) is 0 Å². The molecule has 6 rings (SSSR count). The van der Waals surface area contributed by atoms with Gasteiger partial charge in [-0.1, -0.05) is 41.7 Å². The number of ether oxygens (including phenoxy) is 2. The third kappa shape index (κ3) is 4.06. The molecule has 11 nitrogen and oxygen atoms in total. The lowest BCUT2D eigenvalue weighted by atomic mass is 9.74. The zero-order valence-corrected chi connectivity index (χ0v) is 21.9. The fourth-order valence-corrected chi connectivity index (χ4v) is 6.64. The highest BCUT2D eigenvalue weighted by Crippen LogP contribution is 2.57. The molecule has 11 heteroatoms. The Balaban J connectivity index is 1.42. The van der Waals surface area contributed by atoms with E-state index in [2.05, 4.69) is 10.3 Å². The lowest BCUT2D eigenvalue weighted by molar-refractivity contribution is -0.160. The molecule has 0 bridgehead atoms. The maximum atomic E-state index is 14.3. The third-order valence-corrected chi connectivity index (χ3v) is 8.37. The number of hydrogen-bond donors (Lipinski definition) is 1. The topological polar surface area (TPSA) is 127 Å². The summed E-state index contributed by atoms with van der Waals surface area (Å²) >= 11 is 0. The number of aliphatic hydroxyl groups excluding tert-OH is 1. The van der Waals surface area contributed by atoms with E-state index in [9.17, 15) is 19.5 Å². The molecule has 5 heterocycles. The minimum absolute atomic E-state index is 0.131. The standard InChI is InChI=1S/C28H33N5O6/c1-27-12-6-2-3-7-17-38-26(37)22(27)21-24(35)32(15-9-16-34)23-25(36)31(14-8-13-28(21,23)39-27)18-33-20-11-5-4-10-19(20)29-30-33/h4-6,8,10-13,21-23,34H,2-3,7,9,14-18H2,1H3/b12-6-/t21-,22+,23?,27-,28-/m0/s1. The number of carbonyl (C=O) groups excluding carboxylic acids is 3. The average Bonchev–Trinajstić information content (AvgIpc) is 3.48. The highest BCUT2D eigenvalue weighted by atomic mass is 16.6. The van der Waals surface area contributed by atoms with Crippen molar-refractivity contribution in [2.45, 2.75) is 56.5 Å². The van der Waals surface area contributed by atoms with E-state index in [0.29, 0.717) is 11.9 Å². The van der Waals surface area contributed by atoms with E-state index in [4.69, 9.17) is 9.47 Å². The predicted molar refractivity (Wildman–Crippen MR) is 139 cm³/mol. The second-order valence-electron chi connectivity index (χ2n) is 10.9. The number of fused-ring (bicyclic) bond motifs is 3. The van der Waals surface area contributed by atoms with Crippen molar-refractivity contribution in [1.29, 1.82) is 0 Å². The highest BCUT2D eigenvalue weighted by Gasteiger charge is 2.74. The minimum atomic E-state index is -1.36. The van der Waals surface area contributed by atoms with Crippen LogP contribution >= 0.6 is 0 Å². The van der Waals surface area contributed by atoms with Crippen LogP contribution in [0.5, 0.6) is 0 Å². The number of benzene rings is 1. The number of para-hydroxylation sites is 1. The Morgan fingerprint density at radius 3 is 2.77 bits per heavy atom. The summed E-state index contributed by atoms with van der Waals surface area (Å²) in [6.45, 7) is 2.50. The van der Waals surface area contributed by atoms with Gasteiger partial charge in [0.05, 0.1) is 23.6 Å². The maximum absolute atomic E-state index is 14.3. The molecule has 1 spiro atoms. The summed E-state index contributed by atoms with van der Waals surface area (Å²) < 4.78 is 14.1. The molecular formula is C28H33N5O6. The quantitative estimate of drug-likeness (QED) is 0.450. The largest absolute Gasteiger partial charge is 0.465 e. The summed E-state index contributed by atoms with van der Waals surface area (Å²) in [5, 5.41) is 18.0. The van der Waals surface area contributed by atoms with Crippen molar-refractivity contribution < 1.29 is 29.0 Å². The van der Waals surface area contributed by atoms with Gasteiger partial charge in [-0.3, -0.25) is 14.4 Å². The summed E-state index contributed by atoms with van der Waals surface area (Å²) in [6.07, 6.45) is 10.2. The number of esters is 1. The Hall–Kier alpha value is -3.57. The van der Waals surface area contributed by atoms with Crippen molar-refractivity contribution in [1.82, 2.24) is 24.8 Å². The fraction of sp³-hybridized carbons (Fsp3) is 0.536. The SMILES string of the molecule is C[C@]12/C=C\CCCCOC(=O)[C@H]1[C@H]1C(=O)N(CCCO)C3C(=O)N(Cn4nnc5ccccc54)CC=C[C@@]31O2. The minimum Gasteiger partial charge on any atom is -0.465 e. The van der Waals surface area contributed by atoms with Crippen molar-refractivity contribution in [2.75, 3.05) is 26.3 Å². The van der Waals surface area contributed by atoms with E-state index in [1.807, 2.05) is 42.5 Å². The van der Waals surface area contributed by atoms with Gasteiger partial charge in [-0.15, -0.1) is 5.10 Å². The normalized spacial score (nSPS) is 33.5. The molecule has 0 aliphatic carbocycles. The lowest BCUT2D eigenvalue weighted by Crippen LogP contribution is -2.56. The number of nitrogens with zero attached hydrogens (tertiary/aromatic N) is 5. The zero-order chi connectivity index (χ0) is 27.2. The molecule has 1 N–H and O–H groups in total. The van der Waals surface area contributed by atoms with Gasteiger partial charge >= 0.3 is 5.97 Å².